The SMILES string of the molecule is CCC(Sc1cc(F)c(I)cc1[N+](=O)[O-])C(=O)O. The zero-order chi connectivity index (χ0) is 13.9. The summed E-state index contributed by atoms with van der Waals surface area (Å²) < 4.78 is 13.5. The zero-order valence-corrected chi connectivity index (χ0v) is 12.2. The first kappa shape index (κ1) is 15.2. The maximum absolute atomic E-state index is 13.4. The molecule has 0 heterocycles. The first-order valence-electron chi connectivity index (χ1n) is 4.89. The van der Waals surface area contributed by atoms with Crippen LogP contribution in [0.3, 0.4) is 0 Å². The number of carbonyl (C=O) groups is 1. The van der Waals surface area contributed by atoms with Crippen LogP contribution in [0.15, 0.2) is 17.0 Å². The minimum atomic E-state index is -1.07. The number of carboxylic acids is 1. The molecule has 5 nitrogen and oxygen atoms in total. The molecule has 1 atom stereocenters. The van der Waals surface area contributed by atoms with Crippen LogP contribution in [0.5, 0.6) is 0 Å². The third kappa shape index (κ3) is 3.55. The van der Waals surface area contributed by atoms with E-state index in [1.54, 1.807) is 29.5 Å². The number of hydrogen-bond acceptors (Lipinski definition) is 4. The summed E-state index contributed by atoms with van der Waals surface area (Å²) in [6.07, 6.45) is 0.296. The van der Waals surface area contributed by atoms with Gasteiger partial charge < -0.3 is 5.11 Å². The lowest BCUT2D eigenvalue weighted by molar-refractivity contribution is -0.387. The number of nitro benzene ring substituents is 1. The standard InChI is InChI=1S/C10H9FINO4S/c1-2-8(10(14)15)18-9-3-5(11)6(12)4-7(9)13(16)17/h3-4,8H,2H2,1H3,(H,14,15). The van der Waals surface area contributed by atoms with Crippen molar-refractivity contribution in [3.63, 3.8) is 0 Å². The Morgan fingerprint density at radius 1 is 1.67 bits per heavy atom. The van der Waals surface area contributed by atoms with Crippen LogP contribution in [0.4, 0.5) is 10.1 Å². The number of halogens is 2. The average molecular weight is 385 g/mol. The van der Waals surface area contributed by atoms with Crippen molar-refractivity contribution in [2.75, 3.05) is 0 Å². The van der Waals surface area contributed by atoms with Crippen LogP contribution in [0, 0.1) is 19.5 Å². The molecular formula is C10H9FINO4S. The van der Waals surface area contributed by atoms with Gasteiger partial charge in [-0.3, -0.25) is 14.9 Å². The van der Waals surface area contributed by atoms with Crippen LogP contribution in [0.25, 0.3) is 0 Å². The minimum absolute atomic E-state index is 0.0344. The maximum atomic E-state index is 13.4. The fourth-order valence-corrected chi connectivity index (χ4v) is 2.67. The predicted octanol–water partition coefficient (Wildman–Crippen LogP) is 3.29. The first-order chi connectivity index (χ1) is 8.36. The monoisotopic (exact) mass is 385 g/mol. The van der Waals surface area contributed by atoms with Crippen molar-refractivity contribution in [2.45, 2.75) is 23.5 Å². The molecular weight excluding hydrogens is 376 g/mol. The van der Waals surface area contributed by atoms with Gasteiger partial charge in [0, 0.05) is 6.07 Å². The number of hydrogen-bond donors (Lipinski definition) is 1. The highest BCUT2D eigenvalue weighted by Gasteiger charge is 2.24. The summed E-state index contributed by atoms with van der Waals surface area (Å²) in [5.41, 5.74) is -0.273. The molecule has 0 spiro atoms. The average Bonchev–Trinajstić information content (AvgIpc) is 2.29. The molecule has 0 aromatic heterocycles. The number of nitro groups is 1. The Bertz CT molecular complexity index is 497. The number of carboxylic acid groups (broad SMARTS) is 1. The highest BCUT2D eigenvalue weighted by atomic mass is 127. The number of benzene rings is 1. The van der Waals surface area contributed by atoms with Gasteiger partial charge in [-0.2, -0.15) is 0 Å². The van der Waals surface area contributed by atoms with E-state index in [1.807, 2.05) is 0 Å². The number of thioether (sulfide) groups is 1. The van der Waals surface area contributed by atoms with Gasteiger partial charge in [-0.25, -0.2) is 4.39 Å². The lowest BCUT2D eigenvalue weighted by Gasteiger charge is -2.10. The van der Waals surface area contributed by atoms with Crippen LogP contribution < -0.4 is 0 Å². The Balaban J connectivity index is 3.18. The van der Waals surface area contributed by atoms with Gasteiger partial charge in [-0.05, 0) is 35.1 Å². The molecule has 0 aliphatic rings. The van der Waals surface area contributed by atoms with E-state index in [-0.39, 0.29) is 14.2 Å². The van der Waals surface area contributed by atoms with Crippen molar-refractivity contribution >= 4 is 46.0 Å². The highest BCUT2D eigenvalue weighted by Crippen LogP contribution is 2.35. The third-order valence-electron chi connectivity index (χ3n) is 2.11. The van der Waals surface area contributed by atoms with Crippen molar-refractivity contribution in [2.24, 2.45) is 0 Å². The van der Waals surface area contributed by atoms with Gasteiger partial charge in [0.1, 0.15) is 11.1 Å². The van der Waals surface area contributed by atoms with Crippen molar-refractivity contribution < 1.29 is 19.2 Å². The van der Waals surface area contributed by atoms with Crippen molar-refractivity contribution in [1.29, 1.82) is 0 Å². The van der Waals surface area contributed by atoms with Crippen LogP contribution >= 0.6 is 34.4 Å². The van der Waals surface area contributed by atoms with E-state index in [0.717, 1.165) is 23.9 Å². The molecule has 1 aromatic carbocycles. The fraction of sp³-hybridized carbons (Fsp3) is 0.300. The Hall–Kier alpha value is -0.900. The zero-order valence-electron chi connectivity index (χ0n) is 9.22. The molecule has 0 amide bonds. The Kier molecular flexibility index (Phi) is 5.32. The van der Waals surface area contributed by atoms with Gasteiger partial charge in [0.25, 0.3) is 5.69 Å². The Morgan fingerprint density at radius 2 is 2.28 bits per heavy atom. The molecule has 0 bridgehead atoms. The van der Waals surface area contributed by atoms with Crippen LogP contribution in [0.1, 0.15) is 13.3 Å². The third-order valence-corrected chi connectivity index (χ3v) is 4.34. The number of nitrogens with zero attached hydrogens (tertiary/aromatic N) is 1. The van der Waals surface area contributed by atoms with Gasteiger partial charge in [-0.1, -0.05) is 6.92 Å². The summed E-state index contributed by atoms with van der Waals surface area (Å²) in [5, 5.41) is 18.9. The fourth-order valence-electron chi connectivity index (χ4n) is 1.22. The van der Waals surface area contributed by atoms with E-state index in [2.05, 4.69) is 0 Å². The van der Waals surface area contributed by atoms with Gasteiger partial charge in [0.2, 0.25) is 0 Å². The molecule has 98 valence electrons. The second-order valence-corrected chi connectivity index (χ2v) is 5.75. The predicted molar refractivity (Wildman–Crippen MR) is 73.3 cm³/mol. The smallest absolute Gasteiger partial charge is 0.316 e. The van der Waals surface area contributed by atoms with E-state index in [0.29, 0.717) is 6.42 Å². The van der Waals surface area contributed by atoms with E-state index in [1.165, 1.54) is 0 Å². The van der Waals surface area contributed by atoms with Gasteiger partial charge in [0.05, 0.1) is 13.4 Å². The van der Waals surface area contributed by atoms with Crippen LogP contribution in [0.2, 0.25) is 0 Å². The highest BCUT2D eigenvalue weighted by molar-refractivity contribution is 14.1. The molecule has 1 unspecified atom stereocenters. The van der Waals surface area contributed by atoms with E-state index in [4.69, 9.17) is 5.11 Å². The second kappa shape index (κ2) is 6.32. The van der Waals surface area contributed by atoms with Gasteiger partial charge in [-0.15, -0.1) is 11.8 Å². The van der Waals surface area contributed by atoms with Crippen molar-refractivity contribution in [3.8, 4) is 0 Å². The Morgan fingerprint density at radius 3 is 2.72 bits per heavy atom. The number of rotatable bonds is 5. The molecule has 0 aliphatic heterocycles. The normalized spacial score (nSPS) is 12.2. The summed E-state index contributed by atoms with van der Waals surface area (Å²) >= 11 is 2.44. The lowest BCUT2D eigenvalue weighted by Crippen LogP contribution is -2.15. The minimum Gasteiger partial charge on any atom is -0.480 e. The lowest BCUT2D eigenvalue weighted by atomic mass is 10.3. The van der Waals surface area contributed by atoms with Crippen LogP contribution in [-0.4, -0.2) is 21.2 Å². The summed E-state index contributed by atoms with van der Waals surface area (Å²) in [6.45, 7) is 1.65. The van der Waals surface area contributed by atoms with Crippen LogP contribution in [-0.2, 0) is 4.79 Å². The quantitative estimate of drug-likeness (QED) is 0.364. The largest absolute Gasteiger partial charge is 0.480 e. The molecule has 0 aliphatic carbocycles. The topological polar surface area (TPSA) is 80.4 Å². The second-order valence-electron chi connectivity index (χ2n) is 3.34. The maximum Gasteiger partial charge on any atom is 0.316 e. The van der Waals surface area contributed by atoms with E-state index >= 15 is 0 Å². The summed E-state index contributed by atoms with van der Waals surface area (Å²) in [4.78, 5) is 21.1. The molecule has 8 heteroatoms. The molecule has 1 N–H and O–H groups in total. The molecule has 1 aromatic rings. The summed E-state index contributed by atoms with van der Waals surface area (Å²) in [6, 6.07) is 2.11. The van der Waals surface area contributed by atoms with Gasteiger partial charge >= 0.3 is 5.97 Å². The molecule has 0 fully saturated rings. The van der Waals surface area contributed by atoms with E-state index < -0.39 is 22.0 Å². The molecule has 0 saturated carbocycles. The number of aliphatic carboxylic acids is 1. The summed E-state index contributed by atoms with van der Waals surface area (Å²) in [5.74, 6) is -1.67. The first-order valence-corrected chi connectivity index (χ1v) is 6.85. The van der Waals surface area contributed by atoms with E-state index in [9.17, 15) is 19.3 Å². The Labute approximate surface area is 120 Å². The van der Waals surface area contributed by atoms with Gasteiger partial charge in [0.15, 0.2) is 0 Å². The molecule has 0 radical (unpaired) electrons. The molecule has 1 rings (SSSR count). The molecule has 0 saturated heterocycles. The summed E-state index contributed by atoms with van der Waals surface area (Å²) in [7, 11) is 0. The van der Waals surface area contributed by atoms with Crippen molar-refractivity contribution in [1.82, 2.24) is 0 Å². The molecule has 18 heavy (non-hydrogen) atoms. The van der Waals surface area contributed by atoms with Crippen molar-refractivity contribution in [3.05, 3.63) is 31.6 Å².